The van der Waals surface area contributed by atoms with Crippen molar-refractivity contribution in [2.24, 2.45) is 0 Å². The first-order valence-electron chi connectivity index (χ1n) is 12.0. The van der Waals surface area contributed by atoms with Gasteiger partial charge in [-0.15, -0.1) is 5.10 Å². The van der Waals surface area contributed by atoms with Gasteiger partial charge in [-0.2, -0.15) is 13.2 Å². The Balaban J connectivity index is 1.71. The SMILES string of the molecule is COC(=O)c1ccc(-c2cnnn2-c2cc(-c3cccc(S(C)(=O)=O)c3)ccc2-n2cc(C(F)(F)F)nc2C)cc1. The number of esters is 1. The van der Waals surface area contributed by atoms with Crippen molar-refractivity contribution >= 4 is 15.8 Å². The molecule has 3 aromatic carbocycles. The number of carbonyl (C=O) groups is 1. The number of aryl methyl sites for hydroxylation is 1. The van der Waals surface area contributed by atoms with Gasteiger partial charge in [0.15, 0.2) is 15.5 Å². The molecule has 41 heavy (non-hydrogen) atoms. The third-order valence-electron chi connectivity index (χ3n) is 6.38. The predicted molar refractivity (Wildman–Crippen MR) is 144 cm³/mol. The summed E-state index contributed by atoms with van der Waals surface area (Å²) in [4.78, 5) is 15.7. The largest absolute Gasteiger partial charge is 0.465 e. The highest BCUT2D eigenvalue weighted by Gasteiger charge is 2.34. The Bertz CT molecular complexity index is 1880. The molecular formula is C28H22F3N5O4S. The van der Waals surface area contributed by atoms with Gasteiger partial charge in [-0.25, -0.2) is 22.9 Å². The molecule has 0 aliphatic heterocycles. The number of halogens is 3. The van der Waals surface area contributed by atoms with E-state index in [1.54, 1.807) is 54.6 Å². The smallest absolute Gasteiger partial charge is 0.434 e. The number of carbonyl (C=O) groups excluding carboxylic acids is 1. The highest BCUT2D eigenvalue weighted by molar-refractivity contribution is 7.90. The molecule has 0 bridgehead atoms. The molecule has 0 saturated carbocycles. The van der Waals surface area contributed by atoms with Crippen LogP contribution in [-0.2, 0) is 20.8 Å². The summed E-state index contributed by atoms with van der Waals surface area (Å²) in [6.07, 6.45) is -1.16. The van der Waals surface area contributed by atoms with Crippen molar-refractivity contribution in [3.8, 4) is 33.8 Å². The predicted octanol–water partition coefficient (Wildman–Crippen LogP) is 5.30. The van der Waals surface area contributed by atoms with E-state index in [0.29, 0.717) is 39.3 Å². The minimum atomic E-state index is -4.65. The van der Waals surface area contributed by atoms with E-state index < -0.39 is 27.7 Å². The maximum absolute atomic E-state index is 13.5. The zero-order valence-corrected chi connectivity index (χ0v) is 22.7. The van der Waals surface area contributed by atoms with Crippen molar-refractivity contribution in [3.05, 3.63) is 96.2 Å². The van der Waals surface area contributed by atoms with Crippen molar-refractivity contribution in [1.29, 1.82) is 0 Å². The number of imidazole rings is 1. The van der Waals surface area contributed by atoms with E-state index >= 15 is 0 Å². The number of nitrogens with zero attached hydrogens (tertiary/aromatic N) is 5. The summed E-state index contributed by atoms with van der Waals surface area (Å²) in [5.74, 6) is -0.417. The van der Waals surface area contributed by atoms with Crippen LogP contribution in [0, 0.1) is 6.92 Å². The molecular weight excluding hydrogens is 559 g/mol. The summed E-state index contributed by atoms with van der Waals surface area (Å²) in [7, 11) is -2.21. The summed E-state index contributed by atoms with van der Waals surface area (Å²) in [5.41, 5.74) is 2.22. The Hall–Kier alpha value is -4.78. The van der Waals surface area contributed by atoms with E-state index in [1.165, 1.54) is 41.6 Å². The Morgan fingerprint density at radius 2 is 1.61 bits per heavy atom. The van der Waals surface area contributed by atoms with E-state index in [9.17, 15) is 26.4 Å². The van der Waals surface area contributed by atoms with Gasteiger partial charge in [-0.05, 0) is 54.4 Å². The number of hydrogen-bond acceptors (Lipinski definition) is 7. The minimum absolute atomic E-state index is 0.0921. The second-order valence-electron chi connectivity index (χ2n) is 9.14. The third-order valence-corrected chi connectivity index (χ3v) is 7.49. The van der Waals surface area contributed by atoms with Gasteiger partial charge in [0, 0.05) is 18.0 Å². The van der Waals surface area contributed by atoms with Crippen LogP contribution in [0.4, 0.5) is 13.2 Å². The topological polar surface area (TPSA) is 109 Å². The third kappa shape index (κ3) is 5.48. The lowest BCUT2D eigenvalue weighted by molar-refractivity contribution is -0.141. The molecule has 5 rings (SSSR count). The minimum Gasteiger partial charge on any atom is -0.465 e. The Morgan fingerprint density at radius 3 is 2.24 bits per heavy atom. The monoisotopic (exact) mass is 581 g/mol. The highest BCUT2D eigenvalue weighted by Crippen LogP contribution is 2.34. The first kappa shape index (κ1) is 27.8. The van der Waals surface area contributed by atoms with Crippen LogP contribution in [-0.4, -0.2) is 52.3 Å². The van der Waals surface area contributed by atoms with E-state index in [4.69, 9.17) is 4.74 Å². The fraction of sp³-hybridized carbons (Fsp3) is 0.143. The Labute approximate surface area is 232 Å². The molecule has 0 aliphatic rings. The summed E-state index contributed by atoms with van der Waals surface area (Å²) < 4.78 is 72.4. The van der Waals surface area contributed by atoms with Crippen LogP contribution in [0.3, 0.4) is 0 Å². The van der Waals surface area contributed by atoms with Gasteiger partial charge in [0.2, 0.25) is 0 Å². The van der Waals surface area contributed by atoms with Gasteiger partial charge in [-0.3, -0.25) is 0 Å². The van der Waals surface area contributed by atoms with Crippen molar-refractivity contribution in [1.82, 2.24) is 24.5 Å². The van der Waals surface area contributed by atoms with Gasteiger partial charge in [0.25, 0.3) is 0 Å². The first-order chi connectivity index (χ1) is 19.4. The van der Waals surface area contributed by atoms with Crippen LogP contribution < -0.4 is 0 Å². The molecule has 2 aromatic heterocycles. The average molecular weight is 582 g/mol. The maximum atomic E-state index is 13.5. The normalized spacial score (nSPS) is 12.0. The molecule has 2 heterocycles. The van der Waals surface area contributed by atoms with E-state index in [0.717, 1.165) is 12.5 Å². The number of ether oxygens (including phenoxy) is 1. The molecule has 0 fully saturated rings. The van der Waals surface area contributed by atoms with Crippen LogP contribution >= 0.6 is 0 Å². The lowest BCUT2D eigenvalue weighted by atomic mass is 10.0. The second-order valence-corrected chi connectivity index (χ2v) is 11.2. The average Bonchev–Trinajstić information content (AvgIpc) is 3.59. The van der Waals surface area contributed by atoms with Crippen LogP contribution in [0.5, 0.6) is 0 Å². The van der Waals surface area contributed by atoms with Gasteiger partial charge in [0.05, 0.1) is 40.8 Å². The van der Waals surface area contributed by atoms with Crippen LogP contribution in [0.2, 0.25) is 0 Å². The summed E-state index contributed by atoms with van der Waals surface area (Å²) >= 11 is 0. The Kier molecular flexibility index (Phi) is 6.99. The van der Waals surface area contributed by atoms with Crippen LogP contribution in [0.25, 0.3) is 33.8 Å². The fourth-order valence-electron chi connectivity index (χ4n) is 4.34. The zero-order valence-electron chi connectivity index (χ0n) is 21.9. The molecule has 0 atom stereocenters. The summed E-state index contributed by atoms with van der Waals surface area (Å²) in [6, 6.07) is 17.8. The van der Waals surface area contributed by atoms with E-state index in [2.05, 4.69) is 15.3 Å². The van der Waals surface area contributed by atoms with Crippen LogP contribution in [0.1, 0.15) is 21.9 Å². The fourth-order valence-corrected chi connectivity index (χ4v) is 5.01. The quantitative estimate of drug-likeness (QED) is 0.250. The molecule has 13 heteroatoms. The number of alkyl halides is 3. The second kappa shape index (κ2) is 10.3. The molecule has 0 radical (unpaired) electrons. The van der Waals surface area contributed by atoms with Crippen molar-refractivity contribution in [3.63, 3.8) is 0 Å². The van der Waals surface area contributed by atoms with Crippen molar-refractivity contribution in [2.75, 3.05) is 13.4 Å². The molecule has 0 saturated heterocycles. The molecule has 9 nitrogen and oxygen atoms in total. The maximum Gasteiger partial charge on any atom is 0.434 e. The van der Waals surface area contributed by atoms with E-state index in [1.807, 2.05) is 0 Å². The number of benzene rings is 3. The van der Waals surface area contributed by atoms with Crippen molar-refractivity contribution in [2.45, 2.75) is 18.0 Å². The van der Waals surface area contributed by atoms with Gasteiger partial charge in [-0.1, -0.05) is 35.5 Å². The lowest BCUT2D eigenvalue weighted by Gasteiger charge is -2.16. The number of methoxy groups -OCH3 is 1. The summed E-state index contributed by atoms with van der Waals surface area (Å²) in [6.45, 7) is 1.45. The zero-order chi connectivity index (χ0) is 29.5. The molecule has 0 aliphatic carbocycles. The van der Waals surface area contributed by atoms with E-state index in [-0.39, 0.29) is 10.7 Å². The molecule has 5 aromatic rings. The van der Waals surface area contributed by atoms with Crippen LogP contribution in [0.15, 0.2) is 84.0 Å². The van der Waals surface area contributed by atoms with Gasteiger partial charge < -0.3 is 9.30 Å². The first-order valence-corrected chi connectivity index (χ1v) is 13.9. The number of rotatable bonds is 6. The summed E-state index contributed by atoms with van der Waals surface area (Å²) in [5, 5.41) is 8.26. The molecule has 0 unspecified atom stereocenters. The highest BCUT2D eigenvalue weighted by atomic mass is 32.2. The number of hydrogen-bond donors (Lipinski definition) is 0. The molecule has 210 valence electrons. The van der Waals surface area contributed by atoms with Gasteiger partial charge in [0.1, 0.15) is 5.82 Å². The Morgan fingerprint density at radius 1 is 0.927 bits per heavy atom. The molecule has 0 amide bonds. The number of sulfone groups is 1. The lowest BCUT2D eigenvalue weighted by Crippen LogP contribution is -2.08. The molecule has 0 spiro atoms. The van der Waals surface area contributed by atoms with Gasteiger partial charge >= 0.3 is 12.1 Å². The van der Waals surface area contributed by atoms with Crippen molar-refractivity contribution < 1.29 is 31.1 Å². The standard InChI is InChI=1S/C28H22F3N5O4S/c1-17-33-26(28(29,30)31)16-35(17)23-12-11-21(20-5-4-6-22(13-20)41(3,38)39)14-24(23)36-25(15-32-34-36)18-7-9-19(10-8-18)27(37)40-2/h4-16H,1-3H3. The molecule has 0 N–H and O–H groups in total. The number of aromatic nitrogens is 5.